The van der Waals surface area contributed by atoms with Crippen LogP contribution in [-0.2, 0) is 10.5 Å². The van der Waals surface area contributed by atoms with Gasteiger partial charge in [-0.2, -0.15) is 0 Å². The Morgan fingerprint density at radius 2 is 1.82 bits per heavy atom. The summed E-state index contributed by atoms with van der Waals surface area (Å²) < 4.78 is 0. The van der Waals surface area contributed by atoms with Crippen LogP contribution in [0.5, 0.6) is 0 Å². The van der Waals surface area contributed by atoms with Crippen molar-refractivity contribution in [3.8, 4) is 0 Å². The molecule has 0 bridgehead atoms. The number of carbonyl (C=O) groups is 2. The van der Waals surface area contributed by atoms with Gasteiger partial charge in [0.25, 0.3) is 5.91 Å². The summed E-state index contributed by atoms with van der Waals surface area (Å²) >= 11 is 1.59. The molecule has 0 aromatic heterocycles. The maximum Gasteiger partial charge on any atom is 0.253 e. The Bertz CT molecular complexity index is 508. The van der Waals surface area contributed by atoms with Crippen LogP contribution in [0.3, 0.4) is 0 Å². The average molecular weight is 320 g/mol. The molecule has 120 valence electrons. The maximum atomic E-state index is 12.2. The monoisotopic (exact) mass is 320 g/mol. The highest BCUT2D eigenvalue weighted by Crippen LogP contribution is 2.16. The van der Waals surface area contributed by atoms with Gasteiger partial charge < -0.3 is 10.2 Å². The zero-order valence-corrected chi connectivity index (χ0v) is 14.1. The molecule has 1 aromatic carbocycles. The normalized spacial score (nSPS) is 14.4. The molecule has 0 unspecified atom stereocenters. The third kappa shape index (κ3) is 5.05. The highest BCUT2D eigenvalue weighted by Gasteiger charge is 2.19. The van der Waals surface area contributed by atoms with E-state index in [1.165, 1.54) is 0 Å². The third-order valence-electron chi connectivity index (χ3n) is 3.55. The first-order chi connectivity index (χ1) is 10.6. The van der Waals surface area contributed by atoms with Gasteiger partial charge in [-0.3, -0.25) is 9.59 Å². The van der Waals surface area contributed by atoms with Crippen molar-refractivity contribution >= 4 is 23.6 Å². The number of thioether (sulfide) groups is 1. The molecule has 1 saturated heterocycles. The molecule has 0 saturated carbocycles. The van der Waals surface area contributed by atoms with E-state index in [9.17, 15) is 9.59 Å². The third-order valence-corrected chi connectivity index (χ3v) is 4.55. The molecule has 1 aliphatic rings. The summed E-state index contributed by atoms with van der Waals surface area (Å²) in [7, 11) is 0. The first-order valence-corrected chi connectivity index (χ1v) is 8.97. The van der Waals surface area contributed by atoms with Gasteiger partial charge in [-0.05, 0) is 44.4 Å². The van der Waals surface area contributed by atoms with E-state index in [0.29, 0.717) is 5.75 Å². The van der Waals surface area contributed by atoms with Crippen LogP contribution in [0.25, 0.3) is 0 Å². The van der Waals surface area contributed by atoms with Crippen molar-refractivity contribution < 1.29 is 9.59 Å². The standard InChI is InChI=1S/C17H24N2O2S/c1-13(2)18-16(20)12-22-11-14-5-7-15(8-6-14)17(21)19-9-3-4-10-19/h5-8,13H,3-4,9-12H2,1-2H3,(H,18,20). The minimum atomic E-state index is 0.0702. The lowest BCUT2D eigenvalue weighted by Crippen LogP contribution is -2.31. The van der Waals surface area contributed by atoms with Gasteiger partial charge in [0.2, 0.25) is 5.91 Å². The molecule has 22 heavy (non-hydrogen) atoms. The van der Waals surface area contributed by atoms with Gasteiger partial charge in [0, 0.05) is 30.4 Å². The number of nitrogens with zero attached hydrogens (tertiary/aromatic N) is 1. The van der Waals surface area contributed by atoms with E-state index < -0.39 is 0 Å². The summed E-state index contributed by atoms with van der Waals surface area (Å²) in [6, 6.07) is 7.94. The Morgan fingerprint density at radius 3 is 2.41 bits per heavy atom. The number of nitrogens with one attached hydrogen (secondary N) is 1. The molecule has 0 spiro atoms. The van der Waals surface area contributed by atoms with Crippen LogP contribution < -0.4 is 5.32 Å². The van der Waals surface area contributed by atoms with Crippen LogP contribution in [0.2, 0.25) is 0 Å². The molecule has 1 aromatic rings. The number of benzene rings is 1. The number of hydrogen-bond donors (Lipinski definition) is 1. The van der Waals surface area contributed by atoms with E-state index in [1.54, 1.807) is 11.8 Å². The smallest absolute Gasteiger partial charge is 0.253 e. The predicted molar refractivity (Wildman–Crippen MR) is 91.0 cm³/mol. The van der Waals surface area contributed by atoms with Crippen LogP contribution in [-0.4, -0.2) is 41.6 Å². The Morgan fingerprint density at radius 1 is 1.18 bits per heavy atom. The Hall–Kier alpha value is -1.49. The predicted octanol–water partition coefficient (Wildman–Crippen LogP) is 2.68. The van der Waals surface area contributed by atoms with Gasteiger partial charge in [0.05, 0.1) is 5.75 Å². The molecule has 5 heteroatoms. The summed E-state index contributed by atoms with van der Waals surface area (Å²) in [6.07, 6.45) is 2.22. The first kappa shape index (κ1) is 16.9. The summed E-state index contributed by atoms with van der Waals surface area (Å²) in [4.78, 5) is 25.7. The summed E-state index contributed by atoms with van der Waals surface area (Å²) in [5.41, 5.74) is 1.90. The van der Waals surface area contributed by atoms with Crippen molar-refractivity contribution in [2.75, 3.05) is 18.8 Å². The second-order valence-corrected chi connectivity index (χ2v) is 6.90. The van der Waals surface area contributed by atoms with Crippen LogP contribution in [0.15, 0.2) is 24.3 Å². The SMILES string of the molecule is CC(C)NC(=O)CSCc1ccc(C(=O)N2CCCC2)cc1. The van der Waals surface area contributed by atoms with Gasteiger partial charge in [-0.1, -0.05) is 12.1 Å². The average Bonchev–Trinajstić information content (AvgIpc) is 3.00. The minimum absolute atomic E-state index is 0.0702. The van der Waals surface area contributed by atoms with E-state index in [4.69, 9.17) is 0 Å². The summed E-state index contributed by atoms with van der Waals surface area (Å²) in [5, 5.41) is 2.87. The molecule has 1 fully saturated rings. The molecular weight excluding hydrogens is 296 g/mol. The molecule has 2 amide bonds. The van der Waals surface area contributed by atoms with E-state index in [2.05, 4.69) is 5.32 Å². The van der Waals surface area contributed by atoms with Crippen molar-refractivity contribution in [3.63, 3.8) is 0 Å². The second-order valence-electron chi connectivity index (χ2n) is 5.91. The van der Waals surface area contributed by atoms with Crippen LogP contribution in [0.1, 0.15) is 42.6 Å². The highest BCUT2D eigenvalue weighted by atomic mass is 32.2. The Labute approximate surface area is 136 Å². The van der Waals surface area contributed by atoms with Crippen LogP contribution in [0, 0.1) is 0 Å². The molecule has 4 nitrogen and oxygen atoms in total. The maximum absolute atomic E-state index is 12.2. The van der Waals surface area contributed by atoms with E-state index in [0.717, 1.165) is 42.8 Å². The lowest BCUT2D eigenvalue weighted by atomic mass is 10.1. The molecule has 1 heterocycles. The largest absolute Gasteiger partial charge is 0.353 e. The minimum Gasteiger partial charge on any atom is -0.353 e. The van der Waals surface area contributed by atoms with E-state index in [1.807, 2.05) is 43.0 Å². The summed E-state index contributed by atoms with van der Waals surface area (Å²) in [5.74, 6) is 1.45. The zero-order chi connectivity index (χ0) is 15.9. The van der Waals surface area contributed by atoms with Crippen molar-refractivity contribution in [1.82, 2.24) is 10.2 Å². The lowest BCUT2D eigenvalue weighted by Gasteiger charge is -2.15. The van der Waals surface area contributed by atoms with Crippen LogP contribution in [0.4, 0.5) is 0 Å². The lowest BCUT2D eigenvalue weighted by molar-refractivity contribution is -0.119. The number of hydrogen-bond acceptors (Lipinski definition) is 3. The second kappa shape index (κ2) is 8.22. The van der Waals surface area contributed by atoms with Crippen molar-refractivity contribution in [2.24, 2.45) is 0 Å². The topological polar surface area (TPSA) is 49.4 Å². The van der Waals surface area contributed by atoms with E-state index >= 15 is 0 Å². The van der Waals surface area contributed by atoms with Gasteiger partial charge in [0.15, 0.2) is 0 Å². The van der Waals surface area contributed by atoms with Gasteiger partial charge in [0.1, 0.15) is 0 Å². The molecular formula is C17H24N2O2S. The number of rotatable bonds is 6. The van der Waals surface area contributed by atoms with Gasteiger partial charge in [-0.15, -0.1) is 11.8 Å². The Kier molecular flexibility index (Phi) is 6.31. The quantitative estimate of drug-likeness (QED) is 0.877. The van der Waals surface area contributed by atoms with Crippen molar-refractivity contribution in [2.45, 2.75) is 38.5 Å². The molecule has 2 rings (SSSR count). The summed E-state index contributed by atoms with van der Waals surface area (Å²) in [6.45, 7) is 5.67. The van der Waals surface area contributed by atoms with Crippen molar-refractivity contribution in [3.05, 3.63) is 35.4 Å². The molecule has 1 N–H and O–H groups in total. The van der Waals surface area contributed by atoms with E-state index in [-0.39, 0.29) is 17.9 Å². The van der Waals surface area contributed by atoms with Crippen molar-refractivity contribution in [1.29, 1.82) is 0 Å². The first-order valence-electron chi connectivity index (χ1n) is 7.81. The zero-order valence-electron chi connectivity index (χ0n) is 13.3. The fourth-order valence-corrected chi connectivity index (χ4v) is 3.27. The molecule has 1 aliphatic heterocycles. The van der Waals surface area contributed by atoms with Gasteiger partial charge in [-0.25, -0.2) is 0 Å². The number of likely N-dealkylation sites (tertiary alicyclic amines) is 1. The molecule has 0 radical (unpaired) electrons. The number of carbonyl (C=O) groups excluding carboxylic acids is 2. The molecule has 0 aliphatic carbocycles. The fourth-order valence-electron chi connectivity index (χ4n) is 2.47. The highest BCUT2D eigenvalue weighted by molar-refractivity contribution is 7.99. The fraction of sp³-hybridized carbons (Fsp3) is 0.529. The van der Waals surface area contributed by atoms with Crippen LogP contribution >= 0.6 is 11.8 Å². The number of amides is 2. The molecule has 0 atom stereocenters. The van der Waals surface area contributed by atoms with Gasteiger partial charge >= 0.3 is 0 Å². The Balaban J connectivity index is 1.79.